The van der Waals surface area contributed by atoms with Crippen LogP contribution in [0.4, 0.5) is 0 Å². The van der Waals surface area contributed by atoms with E-state index in [1.165, 1.54) is 5.56 Å². The Hall–Kier alpha value is -0.870. The number of benzene rings is 1. The van der Waals surface area contributed by atoms with E-state index in [0.29, 0.717) is 6.42 Å². The summed E-state index contributed by atoms with van der Waals surface area (Å²) >= 11 is 0. The summed E-state index contributed by atoms with van der Waals surface area (Å²) in [5, 5.41) is 10.4. The summed E-state index contributed by atoms with van der Waals surface area (Å²) in [6.45, 7) is 5.97. The molecule has 0 amide bonds. The second kappa shape index (κ2) is 4.67. The molecule has 3 nitrogen and oxygen atoms in total. The molecule has 1 heterocycles. The highest BCUT2D eigenvalue weighted by Gasteiger charge is 2.34. The van der Waals surface area contributed by atoms with Crippen molar-refractivity contribution in [3.63, 3.8) is 0 Å². The third kappa shape index (κ3) is 2.59. The molecule has 100 valence electrons. The van der Waals surface area contributed by atoms with E-state index < -0.39 is 15.9 Å². The summed E-state index contributed by atoms with van der Waals surface area (Å²) in [6.07, 6.45) is -0.0983. The molecule has 2 unspecified atom stereocenters. The SMILES string of the molecule is Cc1cc(C)c(C(O)C2CCS(=O)(=O)C2)c(C)c1. The van der Waals surface area contributed by atoms with Crippen LogP contribution >= 0.6 is 0 Å². The molecule has 0 aromatic heterocycles. The van der Waals surface area contributed by atoms with Crippen molar-refractivity contribution < 1.29 is 13.5 Å². The molecule has 4 heteroatoms. The minimum atomic E-state index is -2.94. The van der Waals surface area contributed by atoms with Crippen LogP contribution in [0.25, 0.3) is 0 Å². The first-order chi connectivity index (χ1) is 8.30. The molecule has 0 radical (unpaired) electrons. The van der Waals surface area contributed by atoms with Crippen LogP contribution in [0.3, 0.4) is 0 Å². The predicted molar refractivity (Wildman–Crippen MR) is 72.4 cm³/mol. The molecule has 1 aliphatic heterocycles. The fraction of sp³-hybridized carbons (Fsp3) is 0.571. The molecule has 0 bridgehead atoms. The summed E-state index contributed by atoms with van der Waals surface area (Å²) in [5.74, 6) is 0.162. The Morgan fingerprint density at radius 1 is 1.22 bits per heavy atom. The summed E-state index contributed by atoms with van der Waals surface area (Å²) < 4.78 is 23.0. The molecule has 1 aliphatic rings. The second-order valence-corrected chi connectivity index (χ2v) is 7.65. The van der Waals surface area contributed by atoms with Gasteiger partial charge in [0.05, 0.1) is 17.6 Å². The third-order valence-electron chi connectivity index (χ3n) is 3.75. The summed E-state index contributed by atoms with van der Waals surface area (Å²) in [4.78, 5) is 0. The van der Waals surface area contributed by atoms with Crippen molar-refractivity contribution in [3.05, 3.63) is 34.4 Å². The monoisotopic (exact) mass is 268 g/mol. The summed E-state index contributed by atoms with van der Waals surface area (Å²) in [7, 11) is -2.94. The van der Waals surface area contributed by atoms with Gasteiger partial charge in [0.25, 0.3) is 0 Å². The average Bonchev–Trinajstić information content (AvgIpc) is 2.57. The van der Waals surface area contributed by atoms with E-state index in [4.69, 9.17) is 0 Å². The van der Waals surface area contributed by atoms with Crippen molar-refractivity contribution in [3.8, 4) is 0 Å². The Morgan fingerprint density at radius 2 is 1.78 bits per heavy atom. The van der Waals surface area contributed by atoms with Gasteiger partial charge in [0.2, 0.25) is 0 Å². The van der Waals surface area contributed by atoms with Gasteiger partial charge in [0.15, 0.2) is 9.84 Å². The van der Waals surface area contributed by atoms with Gasteiger partial charge in [-0.25, -0.2) is 8.42 Å². The van der Waals surface area contributed by atoms with E-state index in [0.717, 1.165) is 16.7 Å². The highest BCUT2D eigenvalue weighted by molar-refractivity contribution is 7.91. The zero-order chi connectivity index (χ0) is 13.5. The van der Waals surface area contributed by atoms with E-state index in [1.807, 2.05) is 32.9 Å². The van der Waals surface area contributed by atoms with Gasteiger partial charge in [0.1, 0.15) is 0 Å². The lowest BCUT2D eigenvalue weighted by Crippen LogP contribution is -2.16. The molecule has 18 heavy (non-hydrogen) atoms. The first kappa shape index (κ1) is 13.6. The van der Waals surface area contributed by atoms with E-state index >= 15 is 0 Å². The van der Waals surface area contributed by atoms with Gasteiger partial charge in [-0.1, -0.05) is 17.7 Å². The van der Waals surface area contributed by atoms with Crippen LogP contribution in [0.2, 0.25) is 0 Å². The molecule has 0 spiro atoms. The average molecular weight is 268 g/mol. The van der Waals surface area contributed by atoms with E-state index in [9.17, 15) is 13.5 Å². The number of rotatable bonds is 2. The Labute approximate surface area is 109 Å². The van der Waals surface area contributed by atoms with Crippen molar-refractivity contribution in [1.82, 2.24) is 0 Å². The maximum Gasteiger partial charge on any atom is 0.150 e. The number of hydrogen-bond donors (Lipinski definition) is 1. The molecule has 1 saturated heterocycles. The van der Waals surface area contributed by atoms with Crippen molar-refractivity contribution >= 4 is 9.84 Å². The first-order valence-corrected chi connectivity index (χ1v) is 8.08. The molecule has 1 aromatic carbocycles. The zero-order valence-electron chi connectivity index (χ0n) is 11.1. The maximum absolute atomic E-state index is 11.5. The lowest BCUT2D eigenvalue weighted by atomic mass is 9.88. The second-order valence-electron chi connectivity index (χ2n) is 5.42. The molecule has 1 fully saturated rings. The number of aliphatic hydroxyl groups is 1. The fourth-order valence-corrected chi connectivity index (χ4v) is 4.80. The minimum Gasteiger partial charge on any atom is -0.388 e. The van der Waals surface area contributed by atoms with Crippen molar-refractivity contribution in [2.24, 2.45) is 5.92 Å². The molecule has 0 aliphatic carbocycles. The summed E-state index contributed by atoms with van der Waals surface area (Å²) in [5.41, 5.74) is 4.16. The predicted octanol–water partition coefficient (Wildman–Crippen LogP) is 2.08. The lowest BCUT2D eigenvalue weighted by Gasteiger charge is -2.21. The highest BCUT2D eigenvalue weighted by atomic mass is 32.2. The van der Waals surface area contributed by atoms with Gasteiger partial charge in [-0.2, -0.15) is 0 Å². The van der Waals surface area contributed by atoms with Gasteiger partial charge in [-0.3, -0.25) is 0 Å². The Balaban J connectivity index is 2.33. The van der Waals surface area contributed by atoms with Gasteiger partial charge in [-0.05, 0) is 43.9 Å². The summed E-state index contributed by atoms with van der Waals surface area (Å²) in [6, 6.07) is 4.07. The van der Waals surface area contributed by atoms with E-state index in [2.05, 4.69) is 0 Å². The molecule has 2 rings (SSSR count). The van der Waals surface area contributed by atoms with Gasteiger partial charge >= 0.3 is 0 Å². The van der Waals surface area contributed by atoms with Crippen molar-refractivity contribution in [2.45, 2.75) is 33.3 Å². The lowest BCUT2D eigenvalue weighted by molar-refractivity contribution is 0.120. The highest BCUT2D eigenvalue weighted by Crippen LogP contribution is 2.34. The number of hydrogen-bond acceptors (Lipinski definition) is 3. The van der Waals surface area contributed by atoms with E-state index in [1.54, 1.807) is 0 Å². The van der Waals surface area contributed by atoms with Gasteiger partial charge < -0.3 is 5.11 Å². The third-order valence-corrected chi connectivity index (χ3v) is 5.54. The molecule has 1 N–H and O–H groups in total. The quantitative estimate of drug-likeness (QED) is 0.893. The van der Waals surface area contributed by atoms with Crippen LogP contribution in [0.1, 0.15) is 34.8 Å². The van der Waals surface area contributed by atoms with Crippen LogP contribution < -0.4 is 0 Å². The van der Waals surface area contributed by atoms with Crippen LogP contribution in [-0.2, 0) is 9.84 Å². The number of aliphatic hydroxyl groups excluding tert-OH is 1. The largest absolute Gasteiger partial charge is 0.388 e. The van der Waals surface area contributed by atoms with Gasteiger partial charge in [-0.15, -0.1) is 0 Å². The Bertz CT molecular complexity index is 537. The first-order valence-electron chi connectivity index (χ1n) is 6.26. The van der Waals surface area contributed by atoms with Crippen LogP contribution in [-0.4, -0.2) is 25.0 Å². The normalized spacial score (nSPS) is 24.1. The number of aryl methyl sites for hydroxylation is 3. The standard InChI is InChI=1S/C14H20O3S/c1-9-6-10(2)13(11(3)7-9)14(15)12-4-5-18(16,17)8-12/h6-7,12,14-15H,4-5,8H2,1-3H3. The maximum atomic E-state index is 11.5. The van der Waals surface area contributed by atoms with Crippen molar-refractivity contribution in [2.75, 3.05) is 11.5 Å². The van der Waals surface area contributed by atoms with Crippen LogP contribution in [0, 0.1) is 26.7 Å². The molecular weight excluding hydrogens is 248 g/mol. The van der Waals surface area contributed by atoms with E-state index in [-0.39, 0.29) is 17.4 Å². The molecule has 2 atom stereocenters. The van der Waals surface area contributed by atoms with Crippen LogP contribution in [0.5, 0.6) is 0 Å². The minimum absolute atomic E-state index is 0.112. The number of sulfone groups is 1. The van der Waals surface area contributed by atoms with Crippen molar-refractivity contribution in [1.29, 1.82) is 0 Å². The molecular formula is C14H20O3S. The van der Waals surface area contributed by atoms with Crippen LogP contribution in [0.15, 0.2) is 12.1 Å². The fourth-order valence-electron chi connectivity index (χ4n) is 2.97. The molecule has 1 aromatic rings. The Morgan fingerprint density at radius 3 is 2.22 bits per heavy atom. The zero-order valence-corrected chi connectivity index (χ0v) is 11.9. The van der Waals surface area contributed by atoms with Gasteiger partial charge in [0, 0.05) is 5.92 Å². The smallest absolute Gasteiger partial charge is 0.150 e. The molecule has 0 saturated carbocycles. The topological polar surface area (TPSA) is 54.4 Å². The Kier molecular flexibility index (Phi) is 3.52.